The molecular formula is C17H16ClN3OS2. The van der Waals surface area contributed by atoms with E-state index < -0.39 is 0 Å². The van der Waals surface area contributed by atoms with Gasteiger partial charge in [0.1, 0.15) is 6.54 Å². The number of rotatable bonds is 4. The number of thiocarbonyl (C=S) groups is 1. The summed E-state index contributed by atoms with van der Waals surface area (Å²) in [6, 6.07) is 15.4. The third kappa shape index (κ3) is 4.20. The highest BCUT2D eigenvalue weighted by atomic mass is 35.5. The molecule has 24 heavy (non-hydrogen) atoms. The summed E-state index contributed by atoms with van der Waals surface area (Å²) < 4.78 is 0. The van der Waals surface area contributed by atoms with Crippen molar-refractivity contribution < 1.29 is 4.79 Å². The van der Waals surface area contributed by atoms with Gasteiger partial charge < -0.3 is 15.5 Å². The average Bonchev–Trinajstić information content (AvgIpc) is 2.59. The number of benzene rings is 2. The number of halogens is 1. The normalized spacial score (nSPS) is 13.2. The fourth-order valence-corrected chi connectivity index (χ4v) is 3.53. The first-order chi connectivity index (χ1) is 11.6. The average molecular weight is 378 g/mol. The molecule has 0 saturated carbocycles. The van der Waals surface area contributed by atoms with Crippen molar-refractivity contribution in [3.8, 4) is 0 Å². The highest BCUT2D eigenvalue weighted by Gasteiger charge is 2.24. The molecule has 1 aliphatic rings. The van der Waals surface area contributed by atoms with Gasteiger partial charge in [0.05, 0.1) is 11.4 Å². The molecule has 7 heteroatoms. The van der Waals surface area contributed by atoms with E-state index in [4.69, 9.17) is 23.8 Å². The molecule has 1 heterocycles. The van der Waals surface area contributed by atoms with E-state index in [0.29, 0.717) is 11.7 Å². The Kier molecular flexibility index (Phi) is 5.60. The van der Waals surface area contributed by atoms with E-state index >= 15 is 0 Å². The molecule has 4 nitrogen and oxygen atoms in total. The number of anilines is 2. The van der Waals surface area contributed by atoms with Gasteiger partial charge >= 0.3 is 0 Å². The van der Waals surface area contributed by atoms with Crippen LogP contribution >= 0.6 is 35.6 Å². The van der Waals surface area contributed by atoms with Crippen molar-refractivity contribution in [2.75, 3.05) is 29.1 Å². The van der Waals surface area contributed by atoms with Crippen LogP contribution in [0, 0.1) is 0 Å². The number of hydrogen-bond donors (Lipinski definition) is 2. The van der Waals surface area contributed by atoms with Gasteiger partial charge in [-0.15, -0.1) is 11.8 Å². The first-order valence-electron chi connectivity index (χ1n) is 7.46. The highest BCUT2D eigenvalue weighted by Crippen LogP contribution is 2.28. The predicted octanol–water partition coefficient (Wildman–Crippen LogP) is 3.77. The molecule has 1 aliphatic heterocycles. The van der Waals surface area contributed by atoms with Gasteiger partial charge in [-0.2, -0.15) is 0 Å². The summed E-state index contributed by atoms with van der Waals surface area (Å²) in [4.78, 5) is 14.8. The standard InChI is InChI=1S/C17H16ClN3OS2/c18-12-5-7-13(8-6-12)24-10-9-19-17(23)21-11-16(22)20-14-3-1-2-4-15(14)21/h1-8H,9-11H2,(H,19,23)(H,20,22). The Morgan fingerprint density at radius 1 is 1.25 bits per heavy atom. The maximum absolute atomic E-state index is 11.8. The molecule has 0 bridgehead atoms. The number of fused-ring (bicyclic) bond motifs is 1. The molecule has 124 valence electrons. The molecule has 0 unspecified atom stereocenters. The Morgan fingerprint density at radius 2 is 2.00 bits per heavy atom. The molecule has 3 rings (SSSR count). The van der Waals surface area contributed by atoms with Crippen molar-refractivity contribution in [2.24, 2.45) is 0 Å². The Labute approximate surface area is 155 Å². The van der Waals surface area contributed by atoms with Crippen LogP contribution in [0.1, 0.15) is 0 Å². The van der Waals surface area contributed by atoms with Crippen LogP contribution in [0.2, 0.25) is 5.02 Å². The minimum atomic E-state index is -0.0617. The molecule has 1 amide bonds. The number of amides is 1. The second kappa shape index (κ2) is 7.88. The van der Waals surface area contributed by atoms with Gasteiger partial charge in [0.25, 0.3) is 0 Å². The SMILES string of the molecule is O=C1CN(C(=S)NCCSc2ccc(Cl)cc2)c2ccccc2N1. The van der Waals surface area contributed by atoms with E-state index in [1.165, 1.54) is 0 Å². The first-order valence-corrected chi connectivity index (χ1v) is 9.23. The van der Waals surface area contributed by atoms with Crippen molar-refractivity contribution in [3.63, 3.8) is 0 Å². The quantitative estimate of drug-likeness (QED) is 0.482. The van der Waals surface area contributed by atoms with Gasteiger partial charge in [0.15, 0.2) is 5.11 Å². The highest BCUT2D eigenvalue weighted by molar-refractivity contribution is 7.99. The van der Waals surface area contributed by atoms with Gasteiger partial charge in [-0.05, 0) is 48.6 Å². The fraction of sp³-hybridized carbons (Fsp3) is 0.176. The van der Waals surface area contributed by atoms with E-state index in [-0.39, 0.29) is 12.5 Å². The number of thioether (sulfide) groups is 1. The summed E-state index contributed by atoms with van der Waals surface area (Å²) in [5, 5.41) is 7.38. The summed E-state index contributed by atoms with van der Waals surface area (Å²) in [6.07, 6.45) is 0. The van der Waals surface area contributed by atoms with Crippen LogP contribution in [0.3, 0.4) is 0 Å². The van der Waals surface area contributed by atoms with Crippen LogP contribution < -0.4 is 15.5 Å². The lowest BCUT2D eigenvalue weighted by molar-refractivity contribution is -0.115. The van der Waals surface area contributed by atoms with E-state index in [0.717, 1.165) is 27.0 Å². The molecule has 0 aromatic heterocycles. The van der Waals surface area contributed by atoms with Crippen molar-refractivity contribution >= 4 is 58.0 Å². The summed E-state index contributed by atoms with van der Waals surface area (Å²) in [6.45, 7) is 0.944. The van der Waals surface area contributed by atoms with Gasteiger partial charge in [0.2, 0.25) is 5.91 Å². The minimum absolute atomic E-state index is 0.0617. The van der Waals surface area contributed by atoms with Gasteiger partial charge in [-0.25, -0.2) is 0 Å². The second-order valence-corrected chi connectivity index (χ2v) is 7.18. The minimum Gasteiger partial charge on any atom is -0.361 e. The summed E-state index contributed by atoms with van der Waals surface area (Å²) in [5.74, 6) is 0.803. The maximum Gasteiger partial charge on any atom is 0.244 e. The van der Waals surface area contributed by atoms with Crippen LogP contribution in [0.4, 0.5) is 11.4 Å². The monoisotopic (exact) mass is 377 g/mol. The van der Waals surface area contributed by atoms with Crippen LogP contribution in [0.5, 0.6) is 0 Å². The number of nitrogens with zero attached hydrogens (tertiary/aromatic N) is 1. The topological polar surface area (TPSA) is 44.4 Å². The fourth-order valence-electron chi connectivity index (χ4n) is 2.37. The zero-order valence-electron chi connectivity index (χ0n) is 12.8. The van der Waals surface area contributed by atoms with Crippen LogP contribution in [0.25, 0.3) is 0 Å². The van der Waals surface area contributed by atoms with E-state index in [1.807, 2.05) is 53.4 Å². The number of carbonyl (C=O) groups excluding carboxylic acids is 1. The Balaban J connectivity index is 1.54. The molecule has 0 radical (unpaired) electrons. The van der Waals surface area contributed by atoms with Crippen LogP contribution in [-0.2, 0) is 4.79 Å². The summed E-state index contributed by atoms with van der Waals surface area (Å²) >= 11 is 13.1. The third-order valence-electron chi connectivity index (χ3n) is 3.48. The molecule has 2 aromatic rings. The van der Waals surface area contributed by atoms with Crippen molar-refractivity contribution in [1.82, 2.24) is 5.32 Å². The molecule has 0 spiro atoms. The Hall–Kier alpha value is -1.76. The second-order valence-electron chi connectivity index (χ2n) is 5.19. The summed E-state index contributed by atoms with van der Waals surface area (Å²) in [5.41, 5.74) is 1.70. The lowest BCUT2D eigenvalue weighted by atomic mass is 10.2. The lowest BCUT2D eigenvalue weighted by Crippen LogP contribution is -2.47. The number of para-hydroxylation sites is 2. The predicted molar refractivity (Wildman–Crippen MR) is 105 cm³/mol. The molecular weight excluding hydrogens is 362 g/mol. The van der Waals surface area contributed by atoms with E-state index in [2.05, 4.69) is 10.6 Å². The Bertz CT molecular complexity index is 752. The lowest BCUT2D eigenvalue weighted by Gasteiger charge is -2.31. The first kappa shape index (κ1) is 17.1. The van der Waals surface area contributed by atoms with E-state index in [9.17, 15) is 4.79 Å². The number of carbonyl (C=O) groups is 1. The zero-order valence-corrected chi connectivity index (χ0v) is 15.2. The molecule has 0 atom stereocenters. The number of nitrogens with one attached hydrogen (secondary N) is 2. The van der Waals surface area contributed by atoms with Crippen molar-refractivity contribution in [3.05, 3.63) is 53.6 Å². The van der Waals surface area contributed by atoms with Crippen LogP contribution in [-0.4, -0.2) is 29.9 Å². The molecule has 0 fully saturated rings. The van der Waals surface area contributed by atoms with Crippen molar-refractivity contribution in [2.45, 2.75) is 4.90 Å². The Morgan fingerprint density at radius 3 is 2.79 bits per heavy atom. The maximum atomic E-state index is 11.8. The zero-order chi connectivity index (χ0) is 16.9. The van der Waals surface area contributed by atoms with Crippen LogP contribution in [0.15, 0.2) is 53.4 Å². The third-order valence-corrected chi connectivity index (χ3v) is 5.11. The molecule has 0 saturated heterocycles. The summed E-state index contributed by atoms with van der Waals surface area (Å²) in [7, 11) is 0. The molecule has 0 aliphatic carbocycles. The smallest absolute Gasteiger partial charge is 0.244 e. The molecule has 2 N–H and O–H groups in total. The molecule has 2 aromatic carbocycles. The largest absolute Gasteiger partial charge is 0.361 e. The van der Waals surface area contributed by atoms with Gasteiger partial charge in [-0.3, -0.25) is 4.79 Å². The number of hydrogen-bond acceptors (Lipinski definition) is 3. The van der Waals surface area contributed by atoms with Gasteiger partial charge in [0, 0.05) is 22.2 Å². The van der Waals surface area contributed by atoms with E-state index in [1.54, 1.807) is 11.8 Å². The van der Waals surface area contributed by atoms with Gasteiger partial charge in [-0.1, -0.05) is 23.7 Å². The van der Waals surface area contributed by atoms with Crippen molar-refractivity contribution in [1.29, 1.82) is 0 Å².